The third-order valence-electron chi connectivity index (χ3n) is 5.73. The van der Waals surface area contributed by atoms with E-state index < -0.39 is 11.2 Å². The van der Waals surface area contributed by atoms with Gasteiger partial charge in [-0.3, -0.25) is 19.1 Å². The average molecular weight is 481 g/mol. The lowest BCUT2D eigenvalue weighted by Gasteiger charge is -2.24. The smallest absolute Gasteiger partial charge is 0.330 e. The van der Waals surface area contributed by atoms with Gasteiger partial charge >= 0.3 is 5.69 Å². The van der Waals surface area contributed by atoms with Gasteiger partial charge in [0.25, 0.3) is 10.8 Å². The number of nitrogens with two attached hydrogens (primary N) is 1. The molecule has 12 heteroatoms. The number of hydrogen-bond donors (Lipinski definition) is 2. The van der Waals surface area contributed by atoms with E-state index in [2.05, 4.69) is 15.2 Å². The van der Waals surface area contributed by atoms with Crippen LogP contribution in [0.25, 0.3) is 0 Å². The van der Waals surface area contributed by atoms with Gasteiger partial charge in [0.05, 0.1) is 12.4 Å². The summed E-state index contributed by atoms with van der Waals surface area (Å²) < 4.78 is 12.2. The van der Waals surface area contributed by atoms with E-state index in [-0.39, 0.29) is 42.2 Å². The normalized spacial score (nSPS) is 14.5. The first-order valence-electron chi connectivity index (χ1n) is 11.3. The molecule has 1 aliphatic carbocycles. The van der Waals surface area contributed by atoms with Crippen LogP contribution in [0.1, 0.15) is 63.7 Å². The lowest BCUT2D eigenvalue weighted by Crippen LogP contribution is -2.43. The van der Waals surface area contributed by atoms with Crippen LogP contribution < -0.4 is 21.9 Å². The first-order valence-corrected chi connectivity index (χ1v) is 12.3. The zero-order valence-corrected chi connectivity index (χ0v) is 20.0. The molecule has 0 aliphatic heterocycles. The van der Waals surface area contributed by atoms with Crippen LogP contribution in [-0.4, -0.2) is 51.7 Å². The summed E-state index contributed by atoms with van der Waals surface area (Å²) >= 11 is 1.11. The molecule has 33 heavy (non-hydrogen) atoms. The zero-order chi connectivity index (χ0) is 23.8. The standard InChI is InChI=1S/C21H32N6O5S/c1-3-4-10-27-17(22)16(18(29)23-20(27)30)26(11-12-31-2)15(28)13-33-21-25-24-19(32-21)14-8-6-5-7-9-14/h14H,3-13,22H2,1-2H3,(H,23,29,30). The Morgan fingerprint density at radius 1 is 1.30 bits per heavy atom. The van der Waals surface area contributed by atoms with Crippen molar-refractivity contribution in [1.82, 2.24) is 19.7 Å². The Kier molecular flexibility index (Phi) is 9.12. The fraction of sp³-hybridized carbons (Fsp3) is 0.667. The number of amides is 1. The second-order valence-corrected chi connectivity index (χ2v) is 8.99. The summed E-state index contributed by atoms with van der Waals surface area (Å²) in [7, 11) is 1.50. The maximum absolute atomic E-state index is 13.1. The van der Waals surface area contributed by atoms with E-state index in [0.29, 0.717) is 24.1 Å². The quantitative estimate of drug-likeness (QED) is 0.461. The number of rotatable bonds is 11. The van der Waals surface area contributed by atoms with Crippen molar-refractivity contribution in [3.8, 4) is 0 Å². The Morgan fingerprint density at radius 3 is 2.76 bits per heavy atom. The highest BCUT2D eigenvalue weighted by Crippen LogP contribution is 2.33. The van der Waals surface area contributed by atoms with Crippen molar-refractivity contribution in [3.05, 3.63) is 26.7 Å². The number of carbonyl (C=O) groups excluding carboxylic acids is 1. The third-order valence-corrected chi connectivity index (χ3v) is 6.54. The van der Waals surface area contributed by atoms with E-state index in [1.165, 1.54) is 23.0 Å². The van der Waals surface area contributed by atoms with Gasteiger partial charge < -0.3 is 19.8 Å². The summed E-state index contributed by atoms with van der Waals surface area (Å²) in [5.74, 6) is 0.432. The van der Waals surface area contributed by atoms with Gasteiger partial charge in [-0.1, -0.05) is 44.4 Å². The highest BCUT2D eigenvalue weighted by molar-refractivity contribution is 7.99. The second kappa shape index (κ2) is 12.0. The number of nitrogens with zero attached hydrogens (tertiary/aromatic N) is 4. The highest BCUT2D eigenvalue weighted by Gasteiger charge is 2.26. The van der Waals surface area contributed by atoms with Gasteiger partial charge in [0.15, 0.2) is 5.69 Å². The molecule has 1 aliphatic rings. The maximum atomic E-state index is 13.1. The largest absolute Gasteiger partial charge is 0.416 e. The lowest BCUT2D eigenvalue weighted by atomic mass is 9.89. The molecule has 3 N–H and O–H groups in total. The number of methoxy groups -OCH3 is 1. The number of aromatic amines is 1. The molecule has 0 aromatic carbocycles. The third kappa shape index (κ3) is 6.26. The van der Waals surface area contributed by atoms with Crippen LogP contribution in [-0.2, 0) is 16.1 Å². The number of carbonyl (C=O) groups is 1. The van der Waals surface area contributed by atoms with Crippen molar-refractivity contribution in [2.45, 2.75) is 69.6 Å². The van der Waals surface area contributed by atoms with E-state index in [9.17, 15) is 14.4 Å². The van der Waals surface area contributed by atoms with Crippen molar-refractivity contribution >= 4 is 29.2 Å². The summed E-state index contributed by atoms with van der Waals surface area (Å²) in [5.41, 5.74) is 4.83. The Balaban J connectivity index is 1.77. The molecule has 0 spiro atoms. The Hall–Kier alpha value is -2.60. The van der Waals surface area contributed by atoms with Gasteiger partial charge in [0.2, 0.25) is 11.8 Å². The molecule has 11 nitrogen and oxygen atoms in total. The van der Waals surface area contributed by atoms with Crippen LogP contribution in [0.5, 0.6) is 0 Å². The molecule has 182 valence electrons. The summed E-state index contributed by atoms with van der Waals surface area (Å²) in [5, 5.41) is 8.53. The molecule has 0 bridgehead atoms. The molecule has 0 radical (unpaired) electrons. The highest BCUT2D eigenvalue weighted by atomic mass is 32.2. The Bertz CT molecular complexity index is 1040. The van der Waals surface area contributed by atoms with Crippen molar-refractivity contribution in [2.75, 3.05) is 36.6 Å². The summed E-state index contributed by atoms with van der Waals surface area (Å²) in [6.45, 7) is 2.62. The molecule has 2 heterocycles. The van der Waals surface area contributed by atoms with Crippen LogP contribution in [0.2, 0.25) is 0 Å². The number of ether oxygens (including phenoxy) is 1. The molecule has 3 rings (SSSR count). The van der Waals surface area contributed by atoms with Crippen LogP contribution in [0.15, 0.2) is 19.2 Å². The molecule has 2 aromatic heterocycles. The number of unbranched alkanes of at least 4 members (excludes halogenated alkanes) is 1. The summed E-state index contributed by atoms with van der Waals surface area (Å²) in [4.78, 5) is 41.5. The number of aromatic nitrogens is 4. The number of thioether (sulfide) groups is 1. The molecule has 0 unspecified atom stereocenters. The van der Waals surface area contributed by atoms with Gasteiger partial charge in [-0.25, -0.2) is 4.79 Å². The number of nitrogens with one attached hydrogen (secondary N) is 1. The van der Waals surface area contributed by atoms with Crippen molar-refractivity contribution in [2.24, 2.45) is 0 Å². The Morgan fingerprint density at radius 2 is 2.06 bits per heavy atom. The first-order chi connectivity index (χ1) is 16.0. The number of hydrogen-bond acceptors (Lipinski definition) is 9. The molecule has 2 aromatic rings. The minimum Gasteiger partial charge on any atom is -0.416 e. The molecule has 1 fully saturated rings. The second-order valence-electron chi connectivity index (χ2n) is 8.07. The van der Waals surface area contributed by atoms with Gasteiger partial charge in [-0.15, -0.1) is 10.2 Å². The SMILES string of the molecule is CCCCn1c(N)c(N(CCOC)C(=O)CSc2nnc(C3CCCCC3)o2)c(=O)[nH]c1=O. The van der Waals surface area contributed by atoms with E-state index in [1.807, 2.05) is 6.92 Å². The van der Waals surface area contributed by atoms with E-state index >= 15 is 0 Å². The fourth-order valence-electron chi connectivity index (χ4n) is 3.91. The number of H-pyrrole nitrogens is 1. The predicted octanol–water partition coefficient (Wildman–Crippen LogP) is 2.12. The molecular weight excluding hydrogens is 448 g/mol. The van der Waals surface area contributed by atoms with Gasteiger partial charge in [0, 0.05) is 26.1 Å². The van der Waals surface area contributed by atoms with Crippen molar-refractivity contribution in [3.63, 3.8) is 0 Å². The minimum absolute atomic E-state index is 0.0379. The number of nitrogen functional groups attached to an aromatic ring is 1. The van der Waals surface area contributed by atoms with Gasteiger partial charge in [0.1, 0.15) is 5.82 Å². The molecule has 0 atom stereocenters. The maximum Gasteiger partial charge on any atom is 0.330 e. The fourth-order valence-corrected chi connectivity index (χ4v) is 4.56. The molecule has 0 saturated heterocycles. The molecule has 1 amide bonds. The predicted molar refractivity (Wildman–Crippen MR) is 126 cm³/mol. The monoisotopic (exact) mass is 480 g/mol. The summed E-state index contributed by atoms with van der Waals surface area (Å²) in [6.07, 6.45) is 7.15. The van der Waals surface area contributed by atoms with Crippen molar-refractivity contribution in [1.29, 1.82) is 0 Å². The van der Waals surface area contributed by atoms with E-state index in [4.69, 9.17) is 14.9 Å². The van der Waals surface area contributed by atoms with Crippen LogP contribution in [0, 0.1) is 0 Å². The van der Waals surface area contributed by atoms with Gasteiger partial charge in [-0.2, -0.15) is 0 Å². The van der Waals surface area contributed by atoms with E-state index in [1.54, 1.807) is 0 Å². The van der Waals surface area contributed by atoms with Crippen LogP contribution in [0.4, 0.5) is 11.5 Å². The molecule has 1 saturated carbocycles. The Labute approximate surface area is 196 Å². The first kappa shape index (κ1) is 25.0. The van der Waals surface area contributed by atoms with Crippen LogP contribution >= 0.6 is 11.8 Å². The molecular formula is C21H32N6O5S. The summed E-state index contributed by atoms with van der Waals surface area (Å²) in [6, 6.07) is 0. The average Bonchev–Trinajstić information content (AvgIpc) is 3.29. The minimum atomic E-state index is -0.711. The lowest BCUT2D eigenvalue weighted by molar-refractivity contribution is -0.116. The topological polar surface area (TPSA) is 149 Å². The van der Waals surface area contributed by atoms with Crippen LogP contribution in [0.3, 0.4) is 0 Å². The number of anilines is 2. The van der Waals surface area contributed by atoms with Crippen molar-refractivity contribution < 1.29 is 13.9 Å². The van der Waals surface area contributed by atoms with E-state index in [0.717, 1.165) is 43.9 Å². The van der Waals surface area contributed by atoms with Gasteiger partial charge in [-0.05, 0) is 19.3 Å². The zero-order valence-electron chi connectivity index (χ0n) is 19.2.